The summed E-state index contributed by atoms with van der Waals surface area (Å²) in [5.41, 5.74) is 2.33. The highest BCUT2D eigenvalue weighted by atomic mass is 35.5. The number of carbonyl (C=O) groups is 2. The summed E-state index contributed by atoms with van der Waals surface area (Å²) in [5, 5.41) is 3.71. The van der Waals surface area contributed by atoms with Crippen molar-refractivity contribution in [2.24, 2.45) is 0 Å². The van der Waals surface area contributed by atoms with Crippen molar-refractivity contribution < 1.29 is 18.0 Å². The van der Waals surface area contributed by atoms with Crippen LogP contribution in [-0.4, -0.2) is 43.3 Å². The predicted molar refractivity (Wildman–Crippen MR) is 181 cm³/mol. The Morgan fingerprint density at radius 2 is 1.44 bits per heavy atom. The highest BCUT2D eigenvalue weighted by Crippen LogP contribution is 2.28. The van der Waals surface area contributed by atoms with E-state index in [0.717, 1.165) is 21.0 Å². The van der Waals surface area contributed by atoms with Crippen LogP contribution in [0.1, 0.15) is 37.5 Å². The number of nitrogens with zero attached hydrogens (tertiary/aromatic N) is 2. The van der Waals surface area contributed by atoms with E-state index < -0.39 is 34.1 Å². The zero-order chi connectivity index (χ0) is 32.8. The molecule has 0 aliphatic heterocycles. The summed E-state index contributed by atoms with van der Waals surface area (Å²) in [7, 11) is -4.26. The molecule has 0 bridgehead atoms. The molecule has 2 amide bonds. The Labute approximate surface area is 275 Å². The lowest BCUT2D eigenvalue weighted by molar-refractivity contribution is -0.140. The summed E-state index contributed by atoms with van der Waals surface area (Å²) < 4.78 is 29.2. The van der Waals surface area contributed by atoms with Gasteiger partial charge in [0.15, 0.2) is 0 Å². The maximum atomic E-state index is 14.5. The number of hydrogen-bond acceptors (Lipinski definition) is 4. The quantitative estimate of drug-likeness (QED) is 0.186. The van der Waals surface area contributed by atoms with Crippen LogP contribution in [0, 0.1) is 6.92 Å². The summed E-state index contributed by atoms with van der Waals surface area (Å²) in [4.78, 5) is 29.9. The van der Waals surface area contributed by atoms with Crippen LogP contribution in [-0.2, 0) is 32.6 Å². The smallest absolute Gasteiger partial charge is 0.264 e. The lowest BCUT2D eigenvalue weighted by Gasteiger charge is -2.35. The molecule has 4 aromatic carbocycles. The van der Waals surface area contributed by atoms with Crippen LogP contribution in [0.2, 0.25) is 10.0 Å². The highest BCUT2D eigenvalue weighted by Gasteiger charge is 2.35. The maximum absolute atomic E-state index is 14.5. The van der Waals surface area contributed by atoms with Gasteiger partial charge in [0.2, 0.25) is 11.8 Å². The minimum absolute atomic E-state index is 0.0453. The highest BCUT2D eigenvalue weighted by molar-refractivity contribution is 7.92. The van der Waals surface area contributed by atoms with Gasteiger partial charge in [-0.25, -0.2) is 8.42 Å². The standard InChI is InChI=1S/C35H37Cl2N3O4S/c1-25-13-15-27(16-14-25)23-39(32(34(42)38-35(2,3)4)21-26-9-6-5-7-10-26)33(41)24-40(30-12-8-11-29(37)22-30)45(43,44)31-19-17-28(36)18-20-31/h5-20,22,32H,21,23-24H2,1-4H3,(H,38,42). The Hall–Kier alpha value is -3.85. The Kier molecular flexibility index (Phi) is 11.0. The molecule has 0 saturated carbocycles. The normalized spacial score (nSPS) is 12.3. The molecule has 0 radical (unpaired) electrons. The molecule has 0 saturated heterocycles. The van der Waals surface area contributed by atoms with Gasteiger partial charge in [0, 0.05) is 28.5 Å². The summed E-state index contributed by atoms with van der Waals surface area (Å²) in [5.74, 6) is -0.903. The van der Waals surface area contributed by atoms with E-state index in [9.17, 15) is 18.0 Å². The average molecular weight is 667 g/mol. The molecule has 1 atom stereocenters. The van der Waals surface area contributed by atoms with Crippen molar-refractivity contribution in [1.82, 2.24) is 10.2 Å². The second kappa shape index (κ2) is 14.5. The second-order valence-electron chi connectivity index (χ2n) is 11.9. The summed E-state index contributed by atoms with van der Waals surface area (Å²) in [6.07, 6.45) is 0.224. The first-order valence-corrected chi connectivity index (χ1v) is 16.7. The van der Waals surface area contributed by atoms with Gasteiger partial charge in [-0.05, 0) is 81.3 Å². The van der Waals surface area contributed by atoms with E-state index in [2.05, 4.69) is 5.32 Å². The van der Waals surface area contributed by atoms with Gasteiger partial charge >= 0.3 is 0 Å². The van der Waals surface area contributed by atoms with E-state index in [1.54, 1.807) is 18.2 Å². The first-order valence-electron chi connectivity index (χ1n) is 14.5. The van der Waals surface area contributed by atoms with Gasteiger partial charge < -0.3 is 10.2 Å². The second-order valence-corrected chi connectivity index (χ2v) is 14.6. The summed E-state index contributed by atoms with van der Waals surface area (Å²) in [6.45, 7) is 7.08. The van der Waals surface area contributed by atoms with E-state index >= 15 is 0 Å². The SMILES string of the molecule is Cc1ccc(CN(C(=O)CN(c2cccc(Cl)c2)S(=O)(=O)c2ccc(Cl)cc2)C(Cc2ccccc2)C(=O)NC(C)(C)C)cc1. The van der Waals surface area contributed by atoms with Gasteiger partial charge in [-0.3, -0.25) is 13.9 Å². The number of aryl methyl sites for hydroxylation is 1. The fourth-order valence-corrected chi connectivity index (χ4v) is 6.51. The van der Waals surface area contributed by atoms with Crippen molar-refractivity contribution in [1.29, 1.82) is 0 Å². The maximum Gasteiger partial charge on any atom is 0.264 e. The molecule has 0 aliphatic rings. The van der Waals surface area contributed by atoms with Crippen molar-refractivity contribution in [3.8, 4) is 0 Å². The van der Waals surface area contributed by atoms with Gasteiger partial charge in [-0.1, -0.05) is 89.4 Å². The lowest BCUT2D eigenvalue weighted by atomic mass is 10.0. The first-order chi connectivity index (χ1) is 21.2. The van der Waals surface area contributed by atoms with E-state index in [4.69, 9.17) is 23.2 Å². The largest absolute Gasteiger partial charge is 0.350 e. The first kappa shape index (κ1) is 34.0. The van der Waals surface area contributed by atoms with Gasteiger partial charge in [0.25, 0.3) is 10.0 Å². The van der Waals surface area contributed by atoms with Crippen molar-refractivity contribution >= 4 is 50.7 Å². The predicted octanol–water partition coefficient (Wildman–Crippen LogP) is 7.05. The van der Waals surface area contributed by atoms with Gasteiger partial charge in [0.1, 0.15) is 12.6 Å². The lowest BCUT2D eigenvalue weighted by Crippen LogP contribution is -2.56. The number of benzene rings is 4. The minimum atomic E-state index is -4.26. The van der Waals surface area contributed by atoms with E-state index in [0.29, 0.717) is 10.0 Å². The zero-order valence-electron chi connectivity index (χ0n) is 25.7. The number of amides is 2. The fourth-order valence-electron chi connectivity index (χ4n) is 4.79. The van der Waals surface area contributed by atoms with Crippen LogP contribution < -0.4 is 9.62 Å². The molecule has 1 unspecified atom stereocenters. The average Bonchev–Trinajstić information content (AvgIpc) is 2.98. The third-order valence-corrected chi connectivity index (χ3v) is 9.29. The molecule has 7 nitrogen and oxygen atoms in total. The van der Waals surface area contributed by atoms with Crippen LogP contribution in [0.4, 0.5) is 5.69 Å². The van der Waals surface area contributed by atoms with Crippen molar-refractivity contribution in [2.45, 2.75) is 57.1 Å². The molecule has 0 aliphatic carbocycles. The van der Waals surface area contributed by atoms with Crippen LogP contribution in [0.5, 0.6) is 0 Å². The summed E-state index contributed by atoms with van der Waals surface area (Å²) >= 11 is 12.3. The Morgan fingerprint density at radius 3 is 2.04 bits per heavy atom. The molecule has 0 heterocycles. The molecular formula is C35H37Cl2N3O4S. The van der Waals surface area contributed by atoms with E-state index in [1.807, 2.05) is 82.3 Å². The Bertz CT molecular complexity index is 1720. The number of halogens is 2. The molecule has 4 aromatic rings. The number of carbonyl (C=O) groups excluding carboxylic acids is 2. The Balaban J connectivity index is 1.81. The number of hydrogen-bond donors (Lipinski definition) is 1. The van der Waals surface area contributed by atoms with Gasteiger partial charge in [-0.15, -0.1) is 0 Å². The van der Waals surface area contributed by atoms with Crippen LogP contribution in [0.15, 0.2) is 108 Å². The molecule has 10 heteroatoms. The van der Waals surface area contributed by atoms with Gasteiger partial charge in [0.05, 0.1) is 10.6 Å². The molecule has 0 fully saturated rings. The molecule has 236 valence electrons. The van der Waals surface area contributed by atoms with Crippen molar-refractivity contribution in [3.05, 3.63) is 130 Å². The van der Waals surface area contributed by atoms with Crippen molar-refractivity contribution in [2.75, 3.05) is 10.8 Å². The molecule has 4 rings (SSSR count). The molecular weight excluding hydrogens is 629 g/mol. The number of rotatable bonds is 11. The Morgan fingerprint density at radius 1 is 0.800 bits per heavy atom. The number of nitrogens with one attached hydrogen (secondary N) is 1. The molecule has 45 heavy (non-hydrogen) atoms. The molecule has 0 spiro atoms. The monoisotopic (exact) mass is 665 g/mol. The topological polar surface area (TPSA) is 86.8 Å². The van der Waals surface area contributed by atoms with E-state index in [1.165, 1.54) is 35.2 Å². The minimum Gasteiger partial charge on any atom is -0.350 e. The van der Waals surface area contributed by atoms with E-state index in [-0.39, 0.29) is 29.5 Å². The fraction of sp³-hybridized carbons (Fsp3) is 0.257. The van der Waals surface area contributed by atoms with Crippen molar-refractivity contribution in [3.63, 3.8) is 0 Å². The molecule has 1 N–H and O–H groups in total. The van der Waals surface area contributed by atoms with Crippen LogP contribution >= 0.6 is 23.2 Å². The number of anilines is 1. The van der Waals surface area contributed by atoms with Crippen LogP contribution in [0.3, 0.4) is 0 Å². The summed E-state index contributed by atoms with van der Waals surface area (Å²) in [6, 6.07) is 28.2. The zero-order valence-corrected chi connectivity index (χ0v) is 28.0. The number of sulfonamides is 1. The third-order valence-electron chi connectivity index (χ3n) is 7.02. The van der Waals surface area contributed by atoms with Crippen LogP contribution in [0.25, 0.3) is 0 Å². The van der Waals surface area contributed by atoms with Gasteiger partial charge in [-0.2, -0.15) is 0 Å². The third kappa shape index (κ3) is 9.33. The molecule has 0 aromatic heterocycles.